The molecule has 1 atom stereocenters. The van der Waals surface area contributed by atoms with E-state index < -0.39 is 10.0 Å². The lowest BCUT2D eigenvalue weighted by Gasteiger charge is -2.30. The molecule has 1 fully saturated rings. The number of sulfonamides is 1. The molecule has 0 saturated carbocycles. The molecular weight excluding hydrogens is 398 g/mol. The Hall–Kier alpha value is -2.38. The van der Waals surface area contributed by atoms with Gasteiger partial charge in [0.15, 0.2) is 0 Å². The molecular formula is C23H31N3O3S. The Kier molecular flexibility index (Phi) is 7.15. The second-order valence-corrected chi connectivity index (χ2v) is 10.1. The molecule has 0 unspecified atom stereocenters. The molecule has 0 aliphatic carbocycles. The number of piperidine rings is 1. The fourth-order valence-corrected chi connectivity index (χ4v) is 4.43. The molecule has 0 aromatic heterocycles. The van der Waals surface area contributed by atoms with Gasteiger partial charge in [-0.3, -0.25) is 14.4 Å². The Balaban J connectivity index is 1.56. The Labute approximate surface area is 179 Å². The average Bonchev–Trinajstić information content (AvgIpc) is 2.68. The first-order valence-electron chi connectivity index (χ1n) is 10.4. The number of anilines is 1. The molecule has 1 saturated heterocycles. The van der Waals surface area contributed by atoms with Crippen LogP contribution in [0.2, 0.25) is 0 Å². The quantitative estimate of drug-likeness (QED) is 0.706. The van der Waals surface area contributed by atoms with Crippen molar-refractivity contribution in [2.45, 2.75) is 39.8 Å². The van der Waals surface area contributed by atoms with Gasteiger partial charge in [-0.05, 0) is 61.1 Å². The summed E-state index contributed by atoms with van der Waals surface area (Å²) in [6, 6.07) is 13.3. The van der Waals surface area contributed by atoms with Crippen LogP contribution in [0.1, 0.15) is 46.8 Å². The van der Waals surface area contributed by atoms with Gasteiger partial charge in [0.05, 0.1) is 11.9 Å². The highest BCUT2D eigenvalue weighted by atomic mass is 32.2. The maximum atomic E-state index is 12.5. The second kappa shape index (κ2) is 9.62. The number of likely N-dealkylation sites (tertiary alicyclic amines) is 1. The highest BCUT2D eigenvalue weighted by Crippen LogP contribution is 2.19. The topological polar surface area (TPSA) is 78.5 Å². The Morgan fingerprint density at radius 2 is 1.83 bits per heavy atom. The van der Waals surface area contributed by atoms with E-state index in [4.69, 9.17) is 0 Å². The Bertz CT molecular complexity index is 987. The zero-order valence-corrected chi connectivity index (χ0v) is 18.8. The lowest BCUT2D eigenvalue weighted by atomic mass is 9.99. The SMILES string of the molecule is Cc1ccc(C(=O)NCc2ccc(CN3CCC[C@@H](C)C3)cc2)cc1NS(C)(=O)=O. The van der Waals surface area contributed by atoms with Crippen LogP contribution >= 0.6 is 0 Å². The molecule has 1 aliphatic heterocycles. The summed E-state index contributed by atoms with van der Waals surface area (Å²) in [6.07, 6.45) is 3.68. The number of rotatable bonds is 7. The number of benzene rings is 2. The second-order valence-electron chi connectivity index (χ2n) is 8.39. The molecule has 0 spiro atoms. The molecule has 1 amide bonds. The largest absolute Gasteiger partial charge is 0.348 e. The van der Waals surface area contributed by atoms with Gasteiger partial charge in [-0.15, -0.1) is 0 Å². The Morgan fingerprint density at radius 1 is 1.13 bits per heavy atom. The van der Waals surface area contributed by atoms with Crippen molar-refractivity contribution < 1.29 is 13.2 Å². The minimum atomic E-state index is -3.40. The molecule has 1 aliphatic rings. The number of nitrogens with zero attached hydrogens (tertiary/aromatic N) is 1. The van der Waals surface area contributed by atoms with E-state index in [1.54, 1.807) is 25.1 Å². The highest BCUT2D eigenvalue weighted by Gasteiger charge is 2.16. The third kappa shape index (κ3) is 6.57. The van der Waals surface area contributed by atoms with Crippen LogP contribution in [0.3, 0.4) is 0 Å². The van der Waals surface area contributed by atoms with E-state index in [2.05, 4.69) is 46.1 Å². The van der Waals surface area contributed by atoms with Crippen LogP contribution in [-0.4, -0.2) is 38.6 Å². The Morgan fingerprint density at radius 3 is 2.50 bits per heavy atom. The van der Waals surface area contributed by atoms with E-state index in [0.29, 0.717) is 17.8 Å². The fourth-order valence-electron chi connectivity index (χ4n) is 3.81. The third-order valence-corrected chi connectivity index (χ3v) is 6.01. The fraction of sp³-hybridized carbons (Fsp3) is 0.435. The van der Waals surface area contributed by atoms with Crippen LogP contribution in [0.25, 0.3) is 0 Å². The van der Waals surface area contributed by atoms with E-state index >= 15 is 0 Å². The smallest absolute Gasteiger partial charge is 0.251 e. The van der Waals surface area contributed by atoms with Gasteiger partial charge in [0, 0.05) is 25.2 Å². The van der Waals surface area contributed by atoms with E-state index in [1.165, 1.54) is 18.4 Å². The van der Waals surface area contributed by atoms with Crippen molar-refractivity contribution in [1.29, 1.82) is 0 Å². The zero-order valence-electron chi connectivity index (χ0n) is 17.9. The van der Waals surface area contributed by atoms with Gasteiger partial charge < -0.3 is 5.32 Å². The maximum absolute atomic E-state index is 12.5. The number of hydrogen-bond donors (Lipinski definition) is 2. The van der Waals surface area contributed by atoms with Crippen LogP contribution in [0, 0.1) is 12.8 Å². The van der Waals surface area contributed by atoms with E-state index in [1.807, 2.05) is 0 Å². The first-order valence-corrected chi connectivity index (χ1v) is 12.3. The normalized spacial score (nSPS) is 17.5. The molecule has 2 N–H and O–H groups in total. The number of carbonyl (C=O) groups is 1. The summed E-state index contributed by atoms with van der Waals surface area (Å²) < 4.78 is 25.4. The summed E-state index contributed by atoms with van der Waals surface area (Å²) in [5, 5.41) is 2.90. The predicted molar refractivity (Wildman–Crippen MR) is 121 cm³/mol. The van der Waals surface area contributed by atoms with Gasteiger partial charge in [0.1, 0.15) is 0 Å². The van der Waals surface area contributed by atoms with Crippen molar-refractivity contribution in [1.82, 2.24) is 10.2 Å². The standard InChI is InChI=1S/C23H31N3O3S/c1-17-5-4-12-26(15-17)16-20-9-7-19(8-10-20)14-24-23(27)21-11-6-18(2)22(13-21)25-30(3,28)29/h6-11,13,17,25H,4-5,12,14-16H2,1-3H3,(H,24,27)/t17-/m1/s1. The summed E-state index contributed by atoms with van der Waals surface area (Å²) in [4.78, 5) is 15.0. The summed E-state index contributed by atoms with van der Waals surface area (Å²) in [5.41, 5.74) is 3.91. The van der Waals surface area contributed by atoms with E-state index in [0.717, 1.165) is 42.9 Å². The number of aryl methyl sites for hydroxylation is 1. The first-order chi connectivity index (χ1) is 14.2. The van der Waals surface area contributed by atoms with Crippen LogP contribution < -0.4 is 10.0 Å². The zero-order chi connectivity index (χ0) is 21.7. The van der Waals surface area contributed by atoms with Crippen molar-refractivity contribution in [3.63, 3.8) is 0 Å². The number of amides is 1. The van der Waals surface area contributed by atoms with Crippen LogP contribution in [-0.2, 0) is 23.1 Å². The number of hydrogen-bond acceptors (Lipinski definition) is 4. The first kappa shape index (κ1) is 22.3. The van der Waals surface area contributed by atoms with Crippen LogP contribution in [0.15, 0.2) is 42.5 Å². The molecule has 7 heteroatoms. The number of carbonyl (C=O) groups excluding carboxylic acids is 1. The maximum Gasteiger partial charge on any atom is 0.251 e. The third-order valence-electron chi connectivity index (χ3n) is 5.42. The monoisotopic (exact) mass is 429 g/mol. The van der Waals surface area contributed by atoms with Gasteiger partial charge >= 0.3 is 0 Å². The van der Waals surface area contributed by atoms with Crippen molar-refractivity contribution >= 4 is 21.6 Å². The summed E-state index contributed by atoms with van der Waals surface area (Å²) in [7, 11) is -3.40. The average molecular weight is 430 g/mol. The highest BCUT2D eigenvalue weighted by molar-refractivity contribution is 7.92. The summed E-state index contributed by atoms with van der Waals surface area (Å²) in [6.45, 7) is 7.81. The van der Waals surface area contributed by atoms with Crippen LogP contribution in [0.4, 0.5) is 5.69 Å². The predicted octanol–water partition coefficient (Wildman–Crippen LogP) is 3.53. The van der Waals surface area contributed by atoms with Gasteiger partial charge in [-0.2, -0.15) is 0 Å². The minimum Gasteiger partial charge on any atom is -0.348 e. The summed E-state index contributed by atoms with van der Waals surface area (Å²) >= 11 is 0. The van der Waals surface area contributed by atoms with Gasteiger partial charge in [-0.1, -0.05) is 37.3 Å². The van der Waals surface area contributed by atoms with Crippen molar-refractivity contribution in [2.24, 2.45) is 5.92 Å². The molecule has 162 valence electrons. The molecule has 30 heavy (non-hydrogen) atoms. The molecule has 1 heterocycles. The van der Waals surface area contributed by atoms with Crippen molar-refractivity contribution in [2.75, 3.05) is 24.1 Å². The van der Waals surface area contributed by atoms with Gasteiger partial charge in [0.2, 0.25) is 10.0 Å². The molecule has 0 radical (unpaired) electrons. The summed E-state index contributed by atoms with van der Waals surface area (Å²) in [5.74, 6) is 0.529. The number of nitrogens with one attached hydrogen (secondary N) is 2. The van der Waals surface area contributed by atoms with E-state index in [9.17, 15) is 13.2 Å². The molecule has 0 bridgehead atoms. The van der Waals surface area contributed by atoms with Crippen molar-refractivity contribution in [3.05, 3.63) is 64.7 Å². The lowest BCUT2D eigenvalue weighted by molar-refractivity contribution is 0.0951. The van der Waals surface area contributed by atoms with Crippen LogP contribution in [0.5, 0.6) is 0 Å². The lowest BCUT2D eigenvalue weighted by Crippen LogP contribution is -2.33. The molecule has 3 rings (SSSR count). The molecule has 6 nitrogen and oxygen atoms in total. The molecule has 2 aromatic rings. The van der Waals surface area contributed by atoms with Crippen molar-refractivity contribution in [3.8, 4) is 0 Å². The van der Waals surface area contributed by atoms with Gasteiger partial charge in [-0.25, -0.2) is 8.42 Å². The minimum absolute atomic E-state index is 0.238. The van der Waals surface area contributed by atoms with Gasteiger partial charge in [0.25, 0.3) is 5.91 Å². The van der Waals surface area contributed by atoms with E-state index in [-0.39, 0.29) is 5.91 Å². The molecule has 2 aromatic carbocycles.